The molecule has 4 rings (SSSR count). The molecular weight excluding hydrogens is 447 g/mol. The highest BCUT2D eigenvalue weighted by atomic mass is 32.2. The molecule has 0 atom stereocenters. The molecule has 0 unspecified atom stereocenters. The van der Waals surface area contributed by atoms with Crippen LogP contribution in [0.1, 0.15) is 11.1 Å². The summed E-state index contributed by atoms with van der Waals surface area (Å²) >= 11 is 0. The SMILES string of the molecule is Cn1ncc(/C=C/C(=O)Nc2ccc(CS(=O)(=O)c3c[nH]nn3)cc2)c1-c1ccc(F)cc1. The standard InChI is InChI=1S/C22H19FN6O3S/c1-29-22(16-4-7-18(23)8-5-16)17(12-25-29)6-11-20(30)26-19-9-2-15(3-10-19)14-33(31,32)21-13-24-28-27-21/h2-13H,14H2,1H3,(H,26,30)(H,24,27,28)/b11-6+. The molecule has 9 nitrogen and oxygen atoms in total. The monoisotopic (exact) mass is 466 g/mol. The van der Waals surface area contributed by atoms with Crippen molar-refractivity contribution in [2.75, 3.05) is 5.32 Å². The van der Waals surface area contributed by atoms with Gasteiger partial charge in [0.2, 0.25) is 15.7 Å². The number of hydrogen-bond donors (Lipinski definition) is 2. The van der Waals surface area contributed by atoms with Gasteiger partial charge in [-0.2, -0.15) is 5.10 Å². The van der Waals surface area contributed by atoms with Crippen molar-refractivity contribution in [3.8, 4) is 11.3 Å². The van der Waals surface area contributed by atoms with E-state index in [9.17, 15) is 17.6 Å². The van der Waals surface area contributed by atoms with Gasteiger partial charge in [0, 0.05) is 29.9 Å². The van der Waals surface area contributed by atoms with Crippen LogP contribution < -0.4 is 5.32 Å². The van der Waals surface area contributed by atoms with Crippen LogP contribution >= 0.6 is 0 Å². The van der Waals surface area contributed by atoms with E-state index in [4.69, 9.17) is 0 Å². The first-order chi connectivity index (χ1) is 15.8. The number of H-pyrrole nitrogens is 1. The molecule has 0 saturated carbocycles. The molecule has 4 aromatic rings. The third kappa shape index (κ3) is 5.21. The van der Waals surface area contributed by atoms with E-state index in [1.807, 2.05) is 0 Å². The van der Waals surface area contributed by atoms with Crippen molar-refractivity contribution in [3.63, 3.8) is 0 Å². The van der Waals surface area contributed by atoms with Crippen LogP contribution in [-0.2, 0) is 27.4 Å². The van der Waals surface area contributed by atoms with Gasteiger partial charge in [-0.05, 0) is 48.0 Å². The average Bonchev–Trinajstić information content (AvgIpc) is 3.45. The minimum atomic E-state index is -3.60. The molecule has 0 aliphatic rings. The lowest BCUT2D eigenvalue weighted by Crippen LogP contribution is -2.08. The number of hydrogen-bond acceptors (Lipinski definition) is 6. The van der Waals surface area contributed by atoms with Crippen LogP contribution in [0.4, 0.5) is 10.1 Å². The molecule has 2 heterocycles. The maximum atomic E-state index is 13.2. The second-order valence-corrected chi connectivity index (χ2v) is 9.11. The zero-order chi connectivity index (χ0) is 23.4. The summed E-state index contributed by atoms with van der Waals surface area (Å²) in [5.74, 6) is -0.938. The molecule has 2 aromatic carbocycles. The zero-order valence-corrected chi connectivity index (χ0v) is 18.3. The van der Waals surface area contributed by atoms with Gasteiger partial charge in [0.05, 0.1) is 23.8 Å². The van der Waals surface area contributed by atoms with Crippen molar-refractivity contribution in [3.05, 3.63) is 83.9 Å². The van der Waals surface area contributed by atoms with Gasteiger partial charge in [0.15, 0.2) is 5.03 Å². The first kappa shape index (κ1) is 22.1. The van der Waals surface area contributed by atoms with Gasteiger partial charge in [-0.25, -0.2) is 12.8 Å². The number of aromatic nitrogens is 5. The molecule has 0 spiro atoms. The normalized spacial score (nSPS) is 11.7. The lowest BCUT2D eigenvalue weighted by molar-refractivity contribution is -0.111. The molecule has 0 saturated heterocycles. The highest BCUT2D eigenvalue weighted by Gasteiger charge is 2.18. The van der Waals surface area contributed by atoms with Crippen molar-refractivity contribution in [2.45, 2.75) is 10.8 Å². The van der Waals surface area contributed by atoms with Crippen LogP contribution in [-0.4, -0.2) is 39.5 Å². The predicted molar refractivity (Wildman–Crippen MR) is 120 cm³/mol. The molecule has 168 valence electrons. The third-order valence-corrected chi connectivity index (χ3v) is 6.34. The van der Waals surface area contributed by atoms with Crippen molar-refractivity contribution in [1.29, 1.82) is 0 Å². The number of nitrogens with one attached hydrogen (secondary N) is 2. The summed E-state index contributed by atoms with van der Waals surface area (Å²) in [6.07, 6.45) is 5.83. The molecule has 1 amide bonds. The first-order valence-corrected chi connectivity index (χ1v) is 11.4. The summed E-state index contributed by atoms with van der Waals surface area (Å²) in [6, 6.07) is 12.5. The van der Waals surface area contributed by atoms with Crippen LogP contribution in [0.5, 0.6) is 0 Å². The van der Waals surface area contributed by atoms with Gasteiger partial charge >= 0.3 is 0 Å². The Labute approximate surface area is 188 Å². The summed E-state index contributed by atoms with van der Waals surface area (Å²) in [7, 11) is -1.84. The fourth-order valence-corrected chi connectivity index (χ4v) is 4.38. The number of carbonyl (C=O) groups is 1. The quantitative estimate of drug-likeness (QED) is 0.404. The summed E-state index contributed by atoms with van der Waals surface area (Å²) in [4.78, 5) is 12.4. The van der Waals surface area contributed by atoms with Crippen molar-refractivity contribution < 1.29 is 17.6 Å². The minimum absolute atomic E-state index is 0.125. The third-order valence-electron chi connectivity index (χ3n) is 4.79. The lowest BCUT2D eigenvalue weighted by atomic mass is 10.1. The Balaban J connectivity index is 1.42. The van der Waals surface area contributed by atoms with Gasteiger partial charge in [-0.15, -0.1) is 5.10 Å². The molecule has 0 aliphatic carbocycles. The molecule has 0 radical (unpaired) electrons. The van der Waals surface area contributed by atoms with Crippen LogP contribution in [0.3, 0.4) is 0 Å². The van der Waals surface area contributed by atoms with Crippen LogP contribution in [0.2, 0.25) is 0 Å². The Bertz CT molecular complexity index is 1390. The van der Waals surface area contributed by atoms with E-state index in [0.29, 0.717) is 16.8 Å². The number of rotatable bonds is 7. The van der Waals surface area contributed by atoms with Crippen molar-refractivity contribution >= 4 is 27.5 Å². The maximum absolute atomic E-state index is 13.2. The number of sulfone groups is 1. The highest BCUT2D eigenvalue weighted by molar-refractivity contribution is 7.90. The van der Waals surface area contributed by atoms with Gasteiger partial charge < -0.3 is 5.32 Å². The van der Waals surface area contributed by atoms with Crippen LogP contribution in [0, 0.1) is 5.82 Å². The number of halogens is 1. The van der Waals surface area contributed by atoms with E-state index in [-0.39, 0.29) is 22.5 Å². The topological polar surface area (TPSA) is 123 Å². The van der Waals surface area contributed by atoms with E-state index in [1.54, 1.807) is 60.4 Å². The van der Waals surface area contributed by atoms with Crippen molar-refractivity contribution in [1.82, 2.24) is 25.2 Å². The number of nitrogens with zero attached hydrogens (tertiary/aromatic N) is 4. The summed E-state index contributed by atoms with van der Waals surface area (Å²) in [6.45, 7) is 0. The average molecular weight is 466 g/mol. The predicted octanol–water partition coefficient (Wildman–Crippen LogP) is 2.97. The van der Waals surface area contributed by atoms with Crippen molar-refractivity contribution in [2.24, 2.45) is 7.05 Å². The summed E-state index contributed by atoms with van der Waals surface area (Å²) in [5.41, 5.74) is 3.28. The lowest BCUT2D eigenvalue weighted by Gasteiger charge is -2.06. The zero-order valence-electron chi connectivity index (χ0n) is 17.4. The van der Waals surface area contributed by atoms with E-state index in [0.717, 1.165) is 11.3 Å². The van der Waals surface area contributed by atoms with E-state index >= 15 is 0 Å². The molecule has 2 N–H and O–H groups in total. The number of aryl methyl sites for hydroxylation is 1. The Morgan fingerprint density at radius 2 is 1.88 bits per heavy atom. The van der Waals surface area contributed by atoms with E-state index < -0.39 is 9.84 Å². The molecular formula is C22H19FN6O3S. The fourth-order valence-electron chi connectivity index (χ4n) is 3.21. The Kier molecular flexibility index (Phi) is 6.13. The summed E-state index contributed by atoms with van der Waals surface area (Å²) in [5, 5.41) is 16.1. The molecule has 11 heteroatoms. The minimum Gasteiger partial charge on any atom is -0.323 e. The van der Waals surface area contributed by atoms with E-state index in [2.05, 4.69) is 25.8 Å². The second-order valence-electron chi connectivity index (χ2n) is 7.17. The van der Waals surface area contributed by atoms with Gasteiger partial charge in [0.25, 0.3) is 0 Å². The maximum Gasteiger partial charge on any atom is 0.248 e. The first-order valence-electron chi connectivity index (χ1n) is 9.77. The van der Waals surface area contributed by atoms with Crippen LogP contribution in [0.15, 0.2) is 72.0 Å². The fraction of sp³-hybridized carbons (Fsp3) is 0.0909. The smallest absolute Gasteiger partial charge is 0.248 e. The Morgan fingerprint density at radius 1 is 1.15 bits per heavy atom. The number of aromatic amines is 1. The van der Waals surface area contributed by atoms with Gasteiger partial charge in [0.1, 0.15) is 5.82 Å². The number of carbonyl (C=O) groups excluding carboxylic acids is 1. The van der Waals surface area contributed by atoms with E-state index in [1.165, 1.54) is 24.4 Å². The largest absolute Gasteiger partial charge is 0.323 e. The number of amides is 1. The molecule has 0 fully saturated rings. The molecule has 0 aliphatic heterocycles. The Hall–Kier alpha value is -4.12. The van der Waals surface area contributed by atoms with Crippen LogP contribution in [0.25, 0.3) is 17.3 Å². The highest BCUT2D eigenvalue weighted by Crippen LogP contribution is 2.24. The summed E-state index contributed by atoms with van der Waals surface area (Å²) < 4.78 is 39.4. The Morgan fingerprint density at radius 3 is 2.55 bits per heavy atom. The second kappa shape index (κ2) is 9.17. The van der Waals surface area contributed by atoms with Gasteiger partial charge in [-0.1, -0.05) is 17.3 Å². The molecule has 2 aromatic heterocycles. The molecule has 33 heavy (non-hydrogen) atoms. The van der Waals surface area contributed by atoms with Gasteiger partial charge in [-0.3, -0.25) is 14.6 Å². The number of anilines is 1. The number of benzene rings is 2. The molecule has 0 bridgehead atoms.